The van der Waals surface area contributed by atoms with Crippen molar-refractivity contribution in [3.8, 4) is 17.2 Å². The van der Waals surface area contributed by atoms with Gasteiger partial charge in [0.25, 0.3) is 0 Å². The van der Waals surface area contributed by atoms with E-state index in [1.54, 1.807) is 28.4 Å². The van der Waals surface area contributed by atoms with Crippen LogP contribution in [0, 0.1) is 0 Å². The summed E-state index contributed by atoms with van der Waals surface area (Å²) in [5.74, 6) is 2.72. The van der Waals surface area contributed by atoms with E-state index in [0.717, 1.165) is 57.2 Å². The fourth-order valence-corrected chi connectivity index (χ4v) is 3.07. The van der Waals surface area contributed by atoms with Crippen LogP contribution in [0.5, 0.6) is 17.2 Å². The number of hydrogen-bond donors (Lipinski definition) is 2. The molecule has 1 atom stereocenters. The molecule has 1 aromatic carbocycles. The van der Waals surface area contributed by atoms with Crippen LogP contribution in [0.2, 0.25) is 0 Å². The zero-order chi connectivity index (χ0) is 20.2. The Kier molecular flexibility index (Phi) is 9.71. The van der Waals surface area contributed by atoms with Gasteiger partial charge in [-0.3, -0.25) is 4.99 Å². The van der Waals surface area contributed by atoms with Gasteiger partial charge in [0, 0.05) is 38.9 Å². The van der Waals surface area contributed by atoms with E-state index in [2.05, 4.69) is 15.6 Å². The predicted octanol–water partition coefficient (Wildman–Crippen LogP) is 1.62. The normalized spacial score (nSPS) is 16.7. The van der Waals surface area contributed by atoms with Gasteiger partial charge in [-0.15, -0.1) is 0 Å². The first kappa shape index (κ1) is 22.1. The van der Waals surface area contributed by atoms with Gasteiger partial charge in [-0.2, -0.15) is 0 Å². The van der Waals surface area contributed by atoms with Gasteiger partial charge >= 0.3 is 0 Å². The summed E-state index contributed by atoms with van der Waals surface area (Å²) in [6, 6.07) is 3.88. The average Bonchev–Trinajstić information content (AvgIpc) is 3.24. The second-order valence-corrected chi connectivity index (χ2v) is 6.38. The second kappa shape index (κ2) is 12.3. The number of guanidine groups is 1. The van der Waals surface area contributed by atoms with E-state index in [1.807, 2.05) is 12.1 Å². The molecule has 0 saturated carbocycles. The quantitative estimate of drug-likeness (QED) is 0.335. The van der Waals surface area contributed by atoms with Crippen LogP contribution in [0.3, 0.4) is 0 Å². The summed E-state index contributed by atoms with van der Waals surface area (Å²) >= 11 is 0. The Morgan fingerprint density at radius 2 is 1.89 bits per heavy atom. The maximum atomic E-state index is 5.76. The third-order valence-electron chi connectivity index (χ3n) is 4.55. The summed E-state index contributed by atoms with van der Waals surface area (Å²) in [5, 5.41) is 6.62. The van der Waals surface area contributed by atoms with Gasteiger partial charge in [0.1, 0.15) is 0 Å². The molecule has 0 radical (unpaired) electrons. The maximum Gasteiger partial charge on any atom is 0.203 e. The van der Waals surface area contributed by atoms with E-state index in [4.69, 9.17) is 23.7 Å². The third kappa shape index (κ3) is 6.45. The molecule has 2 N–H and O–H groups in total. The van der Waals surface area contributed by atoms with Crippen molar-refractivity contribution in [3.05, 3.63) is 17.7 Å². The summed E-state index contributed by atoms with van der Waals surface area (Å²) in [6.07, 6.45) is 2.93. The van der Waals surface area contributed by atoms with Crippen LogP contribution in [0.25, 0.3) is 0 Å². The highest BCUT2D eigenvalue weighted by Crippen LogP contribution is 2.39. The lowest BCUT2D eigenvalue weighted by Gasteiger charge is -2.17. The molecule has 0 spiro atoms. The molecule has 8 nitrogen and oxygen atoms in total. The van der Waals surface area contributed by atoms with E-state index in [-0.39, 0.29) is 6.10 Å². The fourth-order valence-electron chi connectivity index (χ4n) is 3.07. The number of hydrogen-bond acceptors (Lipinski definition) is 6. The first-order chi connectivity index (χ1) is 13.7. The molecule has 1 saturated heterocycles. The highest BCUT2D eigenvalue weighted by molar-refractivity contribution is 5.79. The highest BCUT2D eigenvalue weighted by Gasteiger charge is 2.16. The summed E-state index contributed by atoms with van der Waals surface area (Å²) in [6.45, 7) is 3.76. The molecule has 0 aliphatic carbocycles. The van der Waals surface area contributed by atoms with Crippen LogP contribution < -0.4 is 24.8 Å². The van der Waals surface area contributed by atoms with Crippen molar-refractivity contribution in [1.29, 1.82) is 0 Å². The maximum absolute atomic E-state index is 5.76. The van der Waals surface area contributed by atoms with Crippen LogP contribution in [-0.4, -0.2) is 73.4 Å². The van der Waals surface area contributed by atoms with Crippen LogP contribution in [0.1, 0.15) is 18.4 Å². The van der Waals surface area contributed by atoms with Crippen molar-refractivity contribution in [2.24, 2.45) is 4.99 Å². The molecular weight excluding hydrogens is 362 g/mol. The number of nitrogens with one attached hydrogen (secondary N) is 2. The molecule has 1 aliphatic heterocycles. The Bertz CT molecular complexity index is 618. The molecule has 0 bridgehead atoms. The monoisotopic (exact) mass is 395 g/mol. The molecule has 28 heavy (non-hydrogen) atoms. The minimum atomic E-state index is 0.258. The zero-order valence-electron chi connectivity index (χ0n) is 17.4. The van der Waals surface area contributed by atoms with E-state index in [0.29, 0.717) is 23.8 Å². The first-order valence-electron chi connectivity index (χ1n) is 9.65. The molecule has 1 aliphatic rings. The molecule has 1 aromatic rings. The Hall–Kier alpha value is -2.19. The number of rotatable bonds is 11. The lowest BCUT2D eigenvalue weighted by Crippen LogP contribution is -2.39. The fraction of sp³-hybridized carbons (Fsp3) is 0.650. The van der Waals surface area contributed by atoms with E-state index < -0.39 is 0 Å². The molecule has 0 aromatic heterocycles. The van der Waals surface area contributed by atoms with Crippen molar-refractivity contribution in [3.63, 3.8) is 0 Å². The van der Waals surface area contributed by atoms with Gasteiger partial charge in [0.2, 0.25) is 5.75 Å². The second-order valence-electron chi connectivity index (χ2n) is 6.38. The molecule has 1 unspecified atom stereocenters. The zero-order valence-corrected chi connectivity index (χ0v) is 17.4. The summed E-state index contributed by atoms with van der Waals surface area (Å²) in [5.41, 5.74) is 1.04. The van der Waals surface area contributed by atoms with Crippen molar-refractivity contribution in [2.45, 2.75) is 25.4 Å². The molecule has 158 valence electrons. The molecule has 2 rings (SSSR count). The number of nitrogens with zero attached hydrogens (tertiary/aromatic N) is 1. The van der Waals surface area contributed by atoms with Crippen molar-refractivity contribution in [1.82, 2.24) is 10.6 Å². The van der Waals surface area contributed by atoms with Crippen LogP contribution in [0.15, 0.2) is 17.1 Å². The predicted molar refractivity (Wildman–Crippen MR) is 109 cm³/mol. The Morgan fingerprint density at radius 3 is 2.54 bits per heavy atom. The average molecular weight is 396 g/mol. The number of ether oxygens (including phenoxy) is 5. The molecule has 1 heterocycles. The van der Waals surface area contributed by atoms with E-state index in [1.165, 1.54) is 0 Å². The summed E-state index contributed by atoms with van der Waals surface area (Å²) in [7, 11) is 6.62. The molecule has 1 fully saturated rings. The van der Waals surface area contributed by atoms with Crippen LogP contribution in [-0.2, 0) is 15.9 Å². The molecule has 0 amide bonds. The largest absolute Gasteiger partial charge is 0.493 e. The summed E-state index contributed by atoms with van der Waals surface area (Å²) < 4.78 is 27.3. The minimum absolute atomic E-state index is 0.258. The number of aliphatic imine (C=N–C) groups is 1. The van der Waals surface area contributed by atoms with Gasteiger partial charge in [0.15, 0.2) is 17.5 Å². The first-order valence-corrected chi connectivity index (χ1v) is 9.65. The van der Waals surface area contributed by atoms with Gasteiger partial charge < -0.3 is 34.3 Å². The van der Waals surface area contributed by atoms with Gasteiger partial charge in [-0.05, 0) is 25.3 Å². The van der Waals surface area contributed by atoms with Crippen molar-refractivity contribution in [2.75, 3.05) is 61.3 Å². The van der Waals surface area contributed by atoms with Crippen molar-refractivity contribution < 1.29 is 23.7 Å². The van der Waals surface area contributed by atoms with E-state index >= 15 is 0 Å². The van der Waals surface area contributed by atoms with Gasteiger partial charge in [0.05, 0.1) is 34.0 Å². The lowest BCUT2D eigenvalue weighted by atomic mass is 10.1. The molecular formula is C20H33N3O5. The van der Waals surface area contributed by atoms with Gasteiger partial charge in [-0.25, -0.2) is 0 Å². The standard InChI is InChI=1S/C20H33N3O5/c1-21-20(22-10-5-12-28-16-9-13-27-14-16)23-11-8-15-6-7-17(24-2)19(26-4)18(15)25-3/h6-7,16H,5,8-14H2,1-4H3,(H2,21,22,23). The highest BCUT2D eigenvalue weighted by atomic mass is 16.5. The lowest BCUT2D eigenvalue weighted by molar-refractivity contribution is 0.0420. The smallest absolute Gasteiger partial charge is 0.203 e. The van der Waals surface area contributed by atoms with Gasteiger partial charge in [-0.1, -0.05) is 6.07 Å². The SMILES string of the molecule is CN=C(NCCCOC1CCOC1)NCCc1ccc(OC)c(OC)c1OC. The number of methoxy groups -OCH3 is 3. The Labute approximate surface area is 167 Å². The number of benzene rings is 1. The van der Waals surface area contributed by atoms with Crippen molar-refractivity contribution >= 4 is 5.96 Å². The topological polar surface area (TPSA) is 82.6 Å². The Balaban J connectivity index is 1.73. The van der Waals surface area contributed by atoms with Crippen LogP contribution in [0.4, 0.5) is 0 Å². The van der Waals surface area contributed by atoms with E-state index in [9.17, 15) is 0 Å². The third-order valence-corrected chi connectivity index (χ3v) is 4.55. The van der Waals surface area contributed by atoms with Crippen LogP contribution >= 0.6 is 0 Å². The summed E-state index contributed by atoms with van der Waals surface area (Å²) in [4.78, 5) is 4.26. The Morgan fingerprint density at radius 1 is 1.11 bits per heavy atom. The minimum Gasteiger partial charge on any atom is -0.493 e. The molecule has 8 heteroatoms.